The topological polar surface area (TPSA) is 96.4 Å². The lowest BCUT2D eigenvalue weighted by Crippen LogP contribution is -2.15. The van der Waals surface area contributed by atoms with Crippen molar-refractivity contribution in [2.24, 2.45) is 0 Å². The van der Waals surface area contributed by atoms with E-state index in [0.717, 1.165) is 11.3 Å². The number of carboxylic acid groups (broad SMARTS) is 1. The quantitative estimate of drug-likeness (QED) is 0.870. The number of sulfonamides is 1. The number of rotatable bonds is 4. The van der Waals surface area contributed by atoms with Crippen molar-refractivity contribution in [1.29, 1.82) is 0 Å². The van der Waals surface area contributed by atoms with Gasteiger partial charge in [0.05, 0.1) is 10.2 Å². The largest absolute Gasteiger partial charge is 0.477 e. The van der Waals surface area contributed by atoms with Crippen molar-refractivity contribution in [3.05, 3.63) is 39.3 Å². The van der Waals surface area contributed by atoms with E-state index in [9.17, 15) is 13.2 Å². The molecule has 0 aliphatic rings. The van der Waals surface area contributed by atoms with Gasteiger partial charge in [0.2, 0.25) is 0 Å². The maximum absolute atomic E-state index is 12.1. The second-order valence-electron chi connectivity index (χ2n) is 3.38. The maximum atomic E-state index is 12.1. The van der Waals surface area contributed by atoms with Crippen LogP contribution in [0.15, 0.2) is 39.3 Å². The van der Waals surface area contributed by atoms with Crippen molar-refractivity contribution in [3.63, 3.8) is 0 Å². The number of hydrogen-bond donors (Lipinski definition) is 2. The van der Waals surface area contributed by atoms with Gasteiger partial charge in [-0.2, -0.15) is 0 Å². The summed E-state index contributed by atoms with van der Waals surface area (Å²) < 4.78 is 27.0. The molecule has 9 heteroatoms. The van der Waals surface area contributed by atoms with Gasteiger partial charge in [0.15, 0.2) is 0 Å². The van der Waals surface area contributed by atoms with Crippen molar-refractivity contribution in [2.75, 3.05) is 4.72 Å². The molecule has 0 atom stereocenters. The van der Waals surface area contributed by atoms with Crippen LogP contribution >= 0.6 is 27.3 Å². The highest BCUT2D eigenvalue weighted by Gasteiger charge is 2.24. The van der Waals surface area contributed by atoms with E-state index in [1.165, 1.54) is 29.9 Å². The van der Waals surface area contributed by atoms with Crippen LogP contribution in [0.5, 0.6) is 0 Å². The van der Waals surface area contributed by atoms with Gasteiger partial charge < -0.3 is 5.11 Å². The molecular formula is C10H7BrN2O4S2. The Morgan fingerprint density at radius 3 is 2.79 bits per heavy atom. The zero-order valence-corrected chi connectivity index (χ0v) is 12.4. The monoisotopic (exact) mass is 362 g/mol. The van der Waals surface area contributed by atoms with Gasteiger partial charge in [-0.3, -0.25) is 9.71 Å². The number of nitrogens with one attached hydrogen (secondary N) is 1. The molecule has 6 nitrogen and oxygen atoms in total. The Bertz CT molecular complexity index is 727. The fraction of sp³-hybridized carbons (Fsp3) is 0. The predicted molar refractivity (Wildman–Crippen MR) is 74.0 cm³/mol. The highest BCUT2D eigenvalue weighted by molar-refractivity contribution is 9.10. The molecule has 2 rings (SSSR count). The SMILES string of the molecule is O=C(O)c1sccc1S(=O)(=O)Nc1ccncc1Br. The lowest BCUT2D eigenvalue weighted by atomic mass is 10.4. The van der Waals surface area contributed by atoms with Gasteiger partial charge in [0, 0.05) is 12.4 Å². The van der Waals surface area contributed by atoms with Gasteiger partial charge in [0.25, 0.3) is 10.0 Å². The van der Waals surface area contributed by atoms with Crippen LogP contribution in [-0.2, 0) is 10.0 Å². The van der Waals surface area contributed by atoms with Crippen LogP contribution in [0.1, 0.15) is 9.67 Å². The minimum Gasteiger partial charge on any atom is -0.477 e. The Hall–Kier alpha value is -1.45. The molecule has 0 saturated carbocycles. The zero-order chi connectivity index (χ0) is 14.0. The Balaban J connectivity index is 2.41. The molecule has 0 aliphatic carbocycles. The standard InChI is InChI=1S/C10H7BrN2O4S2/c11-6-5-12-3-1-7(6)13-19(16,17)8-2-4-18-9(8)10(14)15/h1-5H,(H,12,13)(H,14,15). The number of carboxylic acids is 1. The molecule has 0 aromatic carbocycles. The summed E-state index contributed by atoms with van der Waals surface area (Å²) in [5.41, 5.74) is 0.289. The molecular weight excluding hydrogens is 356 g/mol. The molecule has 0 bridgehead atoms. The Kier molecular flexibility index (Phi) is 3.88. The van der Waals surface area contributed by atoms with Gasteiger partial charge >= 0.3 is 5.97 Å². The summed E-state index contributed by atoms with van der Waals surface area (Å²) in [5.74, 6) is -1.27. The Morgan fingerprint density at radius 2 is 2.16 bits per heavy atom. The van der Waals surface area contributed by atoms with Crippen molar-refractivity contribution in [2.45, 2.75) is 4.90 Å². The fourth-order valence-electron chi connectivity index (χ4n) is 1.32. The molecule has 0 aliphatic heterocycles. The van der Waals surface area contributed by atoms with Gasteiger partial charge in [-0.1, -0.05) is 0 Å². The number of pyridine rings is 1. The van der Waals surface area contributed by atoms with Crippen molar-refractivity contribution in [1.82, 2.24) is 4.98 Å². The van der Waals surface area contributed by atoms with Crippen LogP contribution in [0.25, 0.3) is 0 Å². The van der Waals surface area contributed by atoms with Crippen LogP contribution in [-0.4, -0.2) is 24.5 Å². The summed E-state index contributed by atoms with van der Waals surface area (Å²) in [6.45, 7) is 0. The molecule has 2 heterocycles. The predicted octanol–water partition coefficient (Wildman–Crippen LogP) is 2.40. The Labute approximate surface area is 121 Å². The van der Waals surface area contributed by atoms with E-state index in [1.54, 1.807) is 0 Å². The number of nitrogens with zero attached hydrogens (tertiary/aromatic N) is 1. The van der Waals surface area contributed by atoms with E-state index < -0.39 is 16.0 Å². The van der Waals surface area contributed by atoms with Crippen molar-refractivity contribution < 1.29 is 18.3 Å². The van der Waals surface area contributed by atoms with E-state index in [-0.39, 0.29) is 15.5 Å². The average Bonchev–Trinajstić information content (AvgIpc) is 2.82. The van der Waals surface area contributed by atoms with Crippen LogP contribution in [0.2, 0.25) is 0 Å². The first-order valence-electron chi connectivity index (χ1n) is 4.85. The van der Waals surface area contributed by atoms with Crippen molar-refractivity contribution in [3.8, 4) is 0 Å². The maximum Gasteiger partial charge on any atom is 0.347 e. The lowest BCUT2D eigenvalue weighted by Gasteiger charge is -2.08. The lowest BCUT2D eigenvalue weighted by molar-refractivity contribution is 0.0698. The number of halogens is 1. The minimum absolute atomic E-state index is 0.224. The van der Waals surface area contributed by atoms with Gasteiger partial charge in [-0.15, -0.1) is 11.3 Å². The second-order valence-corrected chi connectivity index (χ2v) is 6.80. The summed E-state index contributed by atoms with van der Waals surface area (Å²) in [4.78, 5) is 14.3. The van der Waals surface area contributed by atoms with Crippen molar-refractivity contribution >= 4 is 48.9 Å². The molecule has 0 amide bonds. The van der Waals surface area contributed by atoms with E-state index in [2.05, 4.69) is 25.6 Å². The number of hydrogen-bond acceptors (Lipinski definition) is 5. The molecule has 2 N–H and O–H groups in total. The molecule has 0 spiro atoms. The van der Waals surface area contributed by atoms with Crippen LogP contribution < -0.4 is 4.72 Å². The van der Waals surface area contributed by atoms with E-state index >= 15 is 0 Å². The number of aromatic nitrogens is 1. The summed E-state index contributed by atoms with van der Waals surface area (Å²) >= 11 is 4.01. The number of thiophene rings is 1. The highest BCUT2D eigenvalue weighted by atomic mass is 79.9. The summed E-state index contributed by atoms with van der Waals surface area (Å²) in [7, 11) is -3.95. The van der Waals surface area contributed by atoms with E-state index in [4.69, 9.17) is 5.11 Å². The average molecular weight is 363 g/mol. The first-order chi connectivity index (χ1) is 8.92. The van der Waals surface area contributed by atoms with Crippen LogP contribution in [0.3, 0.4) is 0 Å². The van der Waals surface area contributed by atoms with E-state index in [1.807, 2.05) is 0 Å². The van der Waals surface area contributed by atoms with Crippen LogP contribution in [0, 0.1) is 0 Å². The second kappa shape index (κ2) is 5.27. The van der Waals surface area contributed by atoms with Crippen LogP contribution in [0.4, 0.5) is 5.69 Å². The molecule has 100 valence electrons. The van der Waals surface area contributed by atoms with E-state index in [0.29, 0.717) is 4.47 Å². The Morgan fingerprint density at radius 1 is 1.42 bits per heavy atom. The van der Waals surface area contributed by atoms with Gasteiger partial charge in [-0.25, -0.2) is 13.2 Å². The molecule has 0 radical (unpaired) electrons. The smallest absolute Gasteiger partial charge is 0.347 e. The third-order valence-electron chi connectivity index (χ3n) is 2.13. The number of carbonyl (C=O) groups is 1. The fourth-order valence-corrected chi connectivity index (χ4v) is 4.14. The molecule has 0 saturated heterocycles. The van der Waals surface area contributed by atoms with Gasteiger partial charge in [0.1, 0.15) is 9.77 Å². The molecule has 0 fully saturated rings. The normalized spacial score (nSPS) is 11.2. The molecule has 19 heavy (non-hydrogen) atoms. The first-order valence-corrected chi connectivity index (χ1v) is 8.00. The summed E-state index contributed by atoms with van der Waals surface area (Å²) in [6.07, 6.45) is 2.86. The molecule has 0 unspecified atom stereocenters. The zero-order valence-electron chi connectivity index (χ0n) is 9.20. The minimum atomic E-state index is -3.95. The third kappa shape index (κ3) is 2.94. The molecule has 2 aromatic heterocycles. The molecule has 2 aromatic rings. The third-order valence-corrected chi connectivity index (χ3v) is 5.20. The first kappa shape index (κ1) is 14.0. The van der Waals surface area contributed by atoms with Gasteiger partial charge in [-0.05, 0) is 33.4 Å². The number of aromatic carboxylic acids is 1. The highest BCUT2D eigenvalue weighted by Crippen LogP contribution is 2.27. The summed E-state index contributed by atoms with van der Waals surface area (Å²) in [5, 5.41) is 10.4. The number of anilines is 1. The summed E-state index contributed by atoms with van der Waals surface area (Å²) in [6, 6.07) is 2.72.